The topological polar surface area (TPSA) is 54.0 Å². The fraction of sp³-hybridized carbons (Fsp3) is 0.400. The second-order valence-corrected chi connectivity index (χ2v) is 5.87. The van der Waals surface area contributed by atoms with Gasteiger partial charge < -0.3 is 17.7 Å². The molecule has 1 aromatic carbocycles. The lowest BCUT2D eigenvalue weighted by molar-refractivity contribution is -0.137. The molecule has 0 atom stereocenters. The van der Waals surface area contributed by atoms with Gasteiger partial charge in [-0.25, -0.2) is 4.79 Å². The maximum atomic E-state index is 11.9. The lowest BCUT2D eigenvalue weighted by Crippen LogP contribution is -2.50. The molecule has 0 amide bonds. The van der Waals surface area contributed by atoms with Gasteiger partial charge in [-0.15, -0.1) is 0 Å². The number of hydrogen-bond acceptors (Lipinski definition) is 5. The van der Waals surface area contributed by atoms with Crippen molar-refractivity contribution >= 4 is 15.0 Å². The first-order valence-corrected chi connectivity index (χ1v) is 8.51. The second kappa shape index (κ2) is 9.31. The summed E-state index contributed by atoms with van der Waals surface area (Å²) in [6.45, 7) is 6.32. The minimum atomic E-state index is -3.45. The lowest BCUT2D eigenvalue weighted by Gasteiger charge is -2.24. The molecule has 21 heavy (non-hydrogen) atoms. The van der Waals surface area contributed by atoms with E-state index in [4.69, 9.17) is 17.7 Å². The summed E-state index contributed by atoms with van der Waals surface area (Å²) < 4.78 is 21.5. The van der Waals surface area contributed by atoms with Crippen LogP contribution < -0.4 is 0 Å². The standard InChI is InChI=1S/C15H20O5Si/c1-4-17-21(18-5-2,19-6-3)20-15(16)13-12-14-10-8-7-9-11-14/h7-11H,4-6H2,1-3H3. The summed E-state index contributed by atoms with van der Waals surface area (Å²) in [4.78, 5) is 11.9. The van der Waals surface area contributed by atoms with E-state index < -0.39 is 15.0 Å². The fourth-order valence-electron chi connectivity index (χ4n) is 1.53. The number of benzene rings is 1. The Kier molecular flexibility index (Phi) is 7.72. The summed E-state index contributed by atoms with van der Waals surface area (Å²) >= 11 is 0. The summed E-state index contributed by atoms with van der Waals surface area (Å²) in [6.07, 6.45) is 0. The normalized spacial score (nSPS) is 10.6. The van der Waals surface area contributed by atoms with Gasteiger partial charge in [-0.2, -0.15) is 0 Å². The fourth-order valence-corrected chi connectivity index (χ4v) is 3.29. The van der Waals surface area contributed by atoms with Crippen molar-refractivity contribution in [3.8, 4) is 11.8 Å². The Bertz CT molecular complexity index is 475. The molecule has 114 valence electrons. The van der Waals surface area contributed by atoms with Crippen molar-refractivity contribution in [3.63, 3.8) is 0 Å². The first-order valence-electron chi connectivity index (χ1n) is 6.87. The number of hydrogen-bond donors (Lipinski definition) is 0. The molecule has 0 saturated heterocycles. The molecule has 1 aromatic rings. The lowest BCUT2D eigenvalue weighted by atomic mass is 10.2. The molecule has 0 spiro atoms. The molecule has 0 radical (unpaired) electrons. The van der Waals surface area contributed by atoms with Crippen LogP contribution in [-0.4, -0.2) is 34.8 Å². The number of carbonyl (C=O) groups excluding carboxylic acids is 1. The smallest absolute Gasteiger partial charge is 0.442 e. The zero-order chi connectivity index (χ0) is 15.6. The molecule has 0 N–H and O–H groups in total. The summed E-state index contributed by atoms with van der Waals surface area (Å²) in [6, 6.07) is 9.17. The maximum Gasteiger partial charge on any atom is 0.752 e. The van der Waals surface area contributed by atoms with E-state index in [1.165, 1.54) is 0 Å². The molecule has 0 saturated carbocycles. The molecule has 0 aliphatic rings. The highest BCUT2D eigenvalue weighted by molar-refractivity contribution is 6.55. The Morgan fingerprint density at radius 3 is 2.00 bits per heavy atom. The van der Waals surface area contributed by atoms with Crippen LogP contribution in [0.4, 0.5) is 0 Å². The minimum absolute atomic E-state index is 0.325. The average molecular weight is 308 g/mol. The Hall–Kier alpha value is -1.65. The summed E-state index contributed by atoms with van der Waals surface area (Å²) in [5, 5.41) is 0. The van der Waals surface area contributed by atoms with Crippen molar-refractivity contribution in [2.75, 3.05) is 19.8 Å². The Balaban J connectivity index is 2.78. The zero-order valence-electron chi connectivity index (χ0n) is 12.5. The van der Waals surface area contributed by atoms with E-state index in [-0.39, 0.29) is 0 Å². The minimum Gasteiger partial charge on any atom is -0.442 e. The molecule has 5 nitrogen and oxygen atoms in total. The van der Waals surface area contributed by atoms with E-state index in [1.807, 2.05) is 18.2 Å². The molecule has 0 fully saturated rings. The van der Waals surface area contributed by atoms with Gasteiger partial charge in [0, 0.05) is 31.3 Å². The Morgan fingerprint density at radius 2 is 1.52 bits per heavy atom. The largest absolute Gasteiger partial charge is 0.752 e. The van der Waals surface area contributed by atoms with E-state index in [0.29, 0.717) is 19.8 Å². The predicted molar refractivity (Wildman–Crippen MR) is 80.0 cm³/mol. The zero-order valence-corrected chi connectivity index (χ0v) is 13.5. The van der Waals surface area contributed by atoms with Gasteiger partial charge in [0.15, 0.2) is 0 Å². The number of rotatable bonds is 7. The molecule has 0 unspecified atom stereocenters. The molecule has 0 bridgehead atoms. The molecule has 0 aromatic heterocycles. The molecule has 0 aliphatic heterocycles. The van der Waals surface area contributed by atoms with Crippen molar-refractivity contribution in [2.24, 2.45) is 0 Å². The predicted octanol–water partition coefficient (Wildman–Crippen LogP) is 2.13. The third-order valence-electron chi connectivity index (χ3n) is 2.26. The summed E-state index contributed by atoms with van der Waals surface area (Å²) in [5.41, 5.74) is 0.728. The molecule has 0 aliphatic carbocycles. The highest BCUT2D eigenvalue weighted by Gasteiger charge is 2.49. The van der Waals surface area contributed by atoms with E-state index in [2.05, 4.69) is 11.8 Å². The van der Waals surface area contributed by atoms with Gasteiger partial charge in [0.25, 0.3) is 0 Å². The Morgan fingerprint density at radius 1 is 1.00 bits per heavy atom. The number of carbonyl (C=O) groups is 1. The highest BCUT2D eigenvalue weighted by atomic mass is 28.4. The van der Waals surface area contributed by atoms with Crippen LogP contribution in [0.25, 0.3) is 0 Å². The molecule has 0 heterocycles. The van der Waals surface area contributed by atoms with Crippen LogP contribution in [0, 0.1) is 11.8 Å². The Labute approximate surface area is 126 Å². The third kappa shape index (κ3) is 6.10. The van der Waals surface area contributed by atoms with Gasteiger partial charge in [-0.1, -0.05) is 24.1 Å². The van der Waals surface area contributed by atoms with Crippen molar-refractivity contribution in [1.29, 1.82) is 0 Å². The first-order chi connectivity index (χ1) is 10.2. The SMILES string of the molecule is CCO[Si](OCC)(OCC)OC(=O)C#Cc1ccccc1. The highest BCUT2D eigenvalue weighted by Crippen LogP contribution is 2.12. The van der Waals surface area contributed by atoms with E-state index in [1.54, 1.807) is 32.9 Å². The quantitative estimate of drug-likeness (QED) is 0.570. The summed E-state index contributed by atoms with van der Waals surface area (Å²) in [7, 11) is -3.45. The van der Waals surface area contributed by atoms with Crippen molar-refractivity contribution in [1.82, 2.24) is 0 Å². The molecular weight excluding hydrogens is 288 g/mol. The molecular formula is C15H20O5Si. The van der Waals surface area contributed by atoms with Crippen molar-refractivity contribution < 1.29 is 22.5 Å². The first kappa shape index (κ1) is 17.4. The molecule has 6 heteroatoms. The second-order valence-electron chi connectivity index (χ2n) is 3.80. The van der Waals surface area contributed by atoms with Crippen LogP contribution in [0.1, 0.15) is 26.3 Å². The van der Waals surface area contributed by atoms with Gasteiger partial charge in [0.2, 0.25) is 0 Å². The average Bonchev–Trinajstić information content (AvgIpc) is 2.47. The van der Waals surface area contributed by atoms with Gasteiger partial charge in [-0.3, -0.25) is 0 Å². The summed E-state index contributed by atoms with van der Waals surface area (Å²) in [5.74, 6) is 4.42. The van der Waals surface area contributed by atoms with Gasteiger partial charge >= 0.3 is 15.0 Å². The van der Waals surface area contributed by atoms with E-state index in [0.717, 1.165) is 5.56 Å². The van der Waals surface area contributed by atoms with Crippen LogP contribution in [0.2, 0.25) is 0 Å². The van der Waals surface area contributed by atoms with Crippen LogP contribution >= 0.6 is 0 Å². The monoisotopic (exact) mass is 308 g/mol. The van der Waals surface area contributed by atoms with Gasteiger partial charge in [0.1, 0.15) is 0 Å². The van der Waals surface area contributed by atoms with Crippen LogP contribution in [0.5, 0.6) is 0 Å². The molecule has 1 rings (SSSR count). The maximum absolute atomic E-state index is 11.9. The van der Waals surface area contributed by atoms with Gasteiger partial charge in [0.05, 0.1) is 0 Å². The van der Waals surface area contributed by atoms with Crippen molar-refractivity contribution in [2.45, 2.75) is 20.8 Å². The van der Waals surface area contributed by atoms with Crippen LogP contribution in [-0.2, 0) is 22.5 Å². The van der Waals surface area contributed by atoms with Crippen LogP contribution in [0.15, 0.2) is 30.3 Å². The third-order valence-corrected chi connectivity index (χ3v) is 4.63. The van der Waals surface area contributed by atoms with E-state index in [9.17, 15) is 4.79 Å². The van der Waals surface area contributed by atoms with E-state index >= 15 is 0 Å². The van der Waals surface area contributed by atoms with Crippen molar-refractivity contribution in [3.05, 3.63) is 35.9 Å². The van der Waals surface area contributed by atoms with Crippen LogP contribution in [0.3, 0.4) is 0 Å². The van der Waals surface area contributed by atoms with Gasteiger partial charge in [-0.05, 0) is 32.9 Å².